The van der Waals surface area contributed by atoms with E-state index in [9.17, 15) is 4.79 Å². The number of amides is 1. The molecule has 1 amide bonds. The van der Waals surface area contributed by atoms with Crippen molar-refractivity contribution in [2.24, 2.45) is 4.99 Å². The van der Waals surface area contributed by atoms with Gasteiger partial charge in [-0.1, -0.05) is 19.3 Å². The Labute approximate surface area is 140 Å². The quantitative estimate of drug-likeness (QED) is 0.832. The zero-order valence-corrected chi connectivity index (χ0v) is 13.3. The van der Waals surface area contributed by atoms with Crippen LogP contribution in [0.3, 0.4) is 0 Å². The Morgan fingerprint density at radius 2 is 2.00 bits per heavy atom. The van der Waals surface area contributed by atoms with Crippen LogP contribution >= 0.6 is 0 Å². The molecule has 122 valence electrons. The number of hydrogen-bond donors (Lipinski definition) is 2. The highest BCUT2D eigenvalue weighted by Gasteiger charge is 2.23. The summed E-state index contributed by atoms with van der Waals surface area (Å²) in [6.07, 6.45) is 9.47. The largest absolute Gasteiger partial charge is 0.353 e. The Hall–Kier alpha value is -2.76. The number of rotatable bonds is 2. The van der Waals surface area contributed by atoms with E-state index in [-0.39, 0.29) is 5.91 Å². The fourth-order valence-electron chi connectivity index (χ4n) is 3.17. The van der Waals surface area contributed by atoms with Gasteiger partial charge in [0.05, 0.1) is 16.7 Å². The predicted molar refractivity (Wildman–Crippen MR) is 93.1 cm³/mol. The molecule has 2 N–H and O–H groups in total. The van der Waals surface area contributed by atoms with Gasteiger partial charge in [0, 0.05) is 12.2 Å². The van der Waals surface area contributed by atoms with Crippen molar-refractivity contribution in [2.75, 3.05) is 0 Å². The first-order valence-corrected chi connectivity index (χ1v) is 8.38. The lowest BCUT2D eigenvalue weighted by molar-refractivity contribution is -0.115. The molecule has 4 rings (SSSR count). The van der Waals surface area contributed by atoms with E-state index in [0.717, 1.165) is 23.9 Å². The van der Waals surface area contributed by atoms with E-state index in [1.54, 1.807) is 12.3 Å². The summed E-state index contributed by atoms with van der Waals surface area (Å²) in [7, 11) is 0. The summed E-state index contributed by atoms with van der Waals surface area (Å²) >= 11 is 0. The summed E-state index contributed by atoms with van der Waals surface area (Å²) in [5.74, 6) is 0.363. The summed E-state index contributed by atoms with van der Waals surface area (Å²) < 4.78 is 0. The van der Waals surface area contributed by atoms with Crippen LogP contribution in [0.4, 0.5) is 0 Å². The molecule has 0 saturated heterocycles. The Morgan fingerprint density at radius 3 is 2.88 bits per heavy atom. The van der Waals surface area contributed by atoms with Crippen molar-refractivity contribution in [1.29, 1.82) is 0 Å². The van der Waals surface area contributed by atoms with Crippen LogP contribution in [0.25, 0.3) is 17.1 Å². The fourth-order valence-corrected chi connectivity index (χ4v) is 3.17. The van der Waals surface area contributed by atoms with E-state index < -0.39 is 0 Å². The zero-order valence-electron chi connectivity index (χ0n) is 13.3. The summed E-state index contributed by atoms with van der Waals surface area (Å²) in [5, 5.41) is 6.14. The molecule has 0 spiro atoms. The van der Waals surface area contributed by atoms with Crippen molar-refractivity contribution in [3.05, 3.63) is 41.9 Å². The minimum absolute atomic E-state index is 0.193. The van der Waals surface area contributed by atoms with Crippen LogP contribution in [0.5, 0.6) is 0 Å². The number of pyridine rings is 2. The van der Waals surface area contributed by atoms with E-state index in [1.807, 2.05) is 24.3 Å². The van der Waals surface area contributed by atoms with E-state index in [1.165, 1.54) is 19.3 Å². The number of fused-ring (bicyclic) bond motifs is 1. The Bertz CT molecular complexity index is 836. The molecule has 0 aromatic carbocycles. The van der Waals surface area contributed by atoms with Gasteiger partial charge in [-0.05, 0) is 43.2 Å². The third-order valence-electron chi connectivity index (χ3n) is 4.41. The van der Waals surface area contributed by atoms with Gasteiger partial charge in [0.25, 0.3) is 5.91 Å². The van der Waals surface area contributed by atoms with E-state index in [4.69, 9.17) is 0 Å². The van der Waals surface area contributed by atoms with Gasteiger partial charge in [-0.25, -0.2) is 9.98 Å². The smallest absolute Gasteiger partial charge is 0.276 e. The van der Waals surface area contributed by atoms with Crippen molar-refractivity contribution in [3.8, 4) is 0 Å². The molecule has 0 unspecified atom stereocenters. The predicted octanol–water partition coefficient (Wildman–Crippen LogP) is 2.38. The molecule has 1 aliphatic carbocycles. The SMILES string of the molecule is O=C1NC(NC2CCCCC2)=N/C1=C\c1ccc2ncccc2n1. The van der Waals surface area contributed by atoms with Gasteiger partial charge in [-0.15, -0.1) is 0 Å². The van der Waals surface area contributed by atoms with Crippen LogP contribution in [0, 0.1) is 0 Å². The number of hydrogen-bond acceptors (Lipinski definition) is 5. The standard InChI is InChI=1S/C18H19N5O/c24-17-16(22-18(23-17)21-12-5-2-1-3-6-12)11-13-8-9-14-15(20-13)7-4-10-19-14/h4,7-12H,1-3,5-6H2,(H2,21,22,23,24)/b16-11-. The third-order valence-corrected chi connectivity index (χ3v) is 4.41. The van der Waals surface area contributed by atoms with Gasteiger partial charge >= 0.3 is 0 Å². The van der Waals surface area contributed by atoms with Crippen molar-refractivity contribution in [1.82, 2.24) is 20.6 Å². The van der Waals surface area contributed by atoms with Crippen LogP contribution in [-0.4, -0.2) is 27.9 Å². The normalized spacial score (nSPS) is 20.2. The minimum atomic E-state index is -0.193. The highest BCUT2D eigenvalue weighted by Crippen LogP contribution is 2.18. The number of nitrogens with one attached hydrogen (secondary N) is 2. The van der Waals surface area contributed by atoms with Gasteiger partial charge < -0.3 is 5.32 Å². The monoisotopic (exact) mass is 321 g/mol. The first kappa shape index (κ1) is 14.8. The number of nitrogens with zero attached hydrogens (tertiary/aromatic N) is 3. The molecule has 2 aromatic heterocycles. The fraction of sp³-hybridized carbons (Fsp3) is 0.333. The summed E-state index contributed by atoms with van der Waals surface area (Å²) in [6, 6.07) is 7.89. The highest BCUT2D eigenvalue weighted by atomic mass is 16.2. The van der Waals surface area contributed by atoms with Crippen LogP contribution in [0.15, 0.2) is 41.2 Å². The van der Waals surface area contributed by atoms with E-state index in [2.05, 4.69) is 25.6 Å². The van der Waals surface area contributed by atoms with E-state index >= 15 is 0 Å². The lowest BCUT2D eigenvalue weighted by Gasteiger charge is -2.23. The average molecular weight is 321 g/mol. The molecular weight excluding hydrogens is 302 g/mol. The molecule has 24 heavy (non-hydrogen) atoms. The van der Waals surface area contributed by atoms with E-state index in [0.29, 0.717) is 23.4 Å². The second-order valence-corrected chi connectivity index (χ2v) is 6.20. The molecule has 2 aromatic rings. The lowest BCUT2D eigenvalue weighted by Crippen LogP contribution is -2.43. The topological polar surface area (TPSA) is 79.3 Å². The van der Waals surface area contributed by atoms with Crippen LogP contribution in [-0.2, 0) is 4.79 Å². The molecule has 0 atom stereocenters. The molecule has 1 saturated carbocycles. The molecule has 2 aliphatic rings. The van der Waals surface area contributed by atoms with Crippen molar-refractivity contribution in [3.63, 3.8) is 0 Å². The molecule has 3 heterocycles. The van der Waals surface area contributed by atoms with Gasteiger partial charge in [0.1, 0.15) is 5.70 Å². The first-order valence-electron chi connectivity index (χ1n) is 8.38. The zero-order chi connectivity index (χ0) is 16.4. The third kappa shape index (κ3) is 3.13. The maximum Gasteiger partial charge on any atom is 0.276 e. The van der Waals surface area contributed by atoms with Gasteiger partial charge in [-0.3, -0.25) is 15.1 Å². The van der Waals surface area contributed by atoms with Gasteiger partial charge in [0.15, 0.2) is 0 Å². The molecule has 1 aliphatic heterocycles. The molecule has 6 nitrogen and oxygen atoms in total. The first-order chi connectivity index (χ1) is 11.8. The number of guanidine groups is 1. The van der Waals surface area contributed by atoms with Crippen LogP contribution < -0.4 is 10.6 Å². The Kier molecular flexibility index (Phi) is 3.94. The van der Waals surface area contributed by atoms with Gasteiger partial charge in [0.2, 0.25) is 5.96 Å². The van der Waals surface area contributed by atoms with Crippen LogP contribution in [0.1, 0.15) is 37.8 Å². The Balaban J connectivity index is 1.55. The lowest BCUT2D eigenvalue weighted by atomic mass is 9.96. The molecule has 1 fully saturated rings. The number of carbonyl (C=O) groups is 1. The van der Waals surface area contributed by atoms with Crippen molar-refractivity contribution in [2.45, 2.75) is 38.1 Å². The van der Waals surface area contributed by atoms with Gasteiger partial charge in [-0.2, -0.15) is 0 Å². The minimum Gasteiger partial charge on any atom is -0.353 e. The molecule has 0 radical (unpaired) electrons. The second kappa shape index (κ2) is 6.39. The summed E-state index contributed by atoms with van der Waals surface area (Å²) in [6.45, 7) is 0. The molecular formula is C18H19N5O. The molecule has 0 bridgehead atoms. The number of carbonyl (C=O) groups excluding carboxylic acids is 1. The van der Waals surface area contributed by atoms with Crippen molar-refractivity contribution >= 4 is 29.0 Å². The number of aliphatic imine (C=N–C) groups is 1. The van der Waals surface area contributed by atoms with Crippen LogP contribution in [0.2, 0.25) is 0 Å². The molecule has 6 heteroatoms. The highest BCUT2D eigenvalue weighted by molar-refractivity contribution is 6.13. The summed E-state index contributed by atoms with van der Waals surface area (Å²) in [5.41, 5.74) is 2.71. The maximum atomic E-state index is 12.1. The maximum absolute atomic E-state index is 12.1. The number of aromatic nitrogens is 2. The van der Waals surface area contributed by atoms with Crippen molar-refractivity contribution < 1.29 is 4.79 Å². The summed E-state index contributed by atoms with van der Waals surface area (Å²) in [4.78, 5) is 25.3. The Morgan fingerprint density at radius 1 is 1.12 bits per heavy atom. The average Bonchev–Trinajstić information content (AvgIpc) is 2.95. The second-order valence-electron chi connectivity index (χ2n) is 6.20.